The molecule has 0 unspecified atom stereocenters. The summed E-state index contributed by atoms with van der Waals surface area (Å²) in [6.07, 6.45) is 0. The molecule has 0 radical (unpaired) electrons. The van der Waals surface area contributed by atoms with E-state index in [1.54, 1.807) is 0 Å². The second kappa shape index (κ2) is 9.15. The zero-order chi connectivity index (χ0) is 23.7. The number of benzene rings is 3. The van der Waals surface area contributed by atoms with E-state index in [-0.39, 0.29) is 0 Å². The molecule has 2 N–H and O–H groups in total. The van der Waals surface area contributed by atoms with Crippen molar-refractivity contribution in [3.05, 3.63) is 82.9 Å². The number of nitrogens with one attached hydrogen (secondary N) is 2. The normalized spacial score (nSPS) is 11.1. The van der Waals surface area contributed by atoms with E-state index in [0.717, 1.165) is 33.6 Å². The standard InChI is InChI=1S/C26H24N6OS/c1-15-9-11-19(17(3)13-15)27-23-30-24(28-20-12-10-16(2)14-18(20)4)32-25(31-23)34-26-29-21-7-5-6-8-22(21)33-26/h5-14H,1-4H3,(H2,27,28,30,31,32). The Morgan fingerprint density at radius 3 is 1.82 bits per heavy atom. The minimum absolute atomic E-state index is 0.438. The third-order valence-corrected chi connectivity index (χ3v) is 6.04. The molecule has 0 atom stereocenters. The first-order chi connectivity index (χ1) is 16.4. The summed E-state index contributed by atoms with van der Waals surface area (Å²) >= 11 is 1.26. The number of anilines is 4. The van der Waals surface area contributed by atoms with Gasteiger partial charge in [-0.25, -0.2) is 4.98 Å². The van der Waals surface area contributed by atoms with Crippen molar-refractivity contribution in [3.8, 4) is 0 Å². The zero-order valence-corrected chi connectivity index (χ0v) is 20.2. The highest BCUT2D eigenvalue weighted by molar-refractivity contribution is 7.99. The summed E-state index contributed by atoms with van der Waals surface area (Å²) in [5.41, 5.74) is 8.00. The third-order valence-electron chi connectivity index (χ3n) is 5.32. The molecule has 0 aliphatic carbocycles. The molecule has 0 fully saturated rings. The van der Waals surface area contributed by atoms with Gasteiger partial charge in [0.15, 0.2) is 5.58 Å². The van der Waals surface area contributed by atoms with Crippen molar-refractivity contribution in [2.75, 3.05) is 10.6 Å². The van der Waals surface area contributed by atoms with Crippen LogP contribution in [0.3, 0.4) is 0 Å². The summed E-state index contributed by atoms with van der Waals surface area (Å²) < 4.78 is 5.86. The van der Waals surface area contributed by atoms with Gasteiger partial charge in [-0.1, -0.05) is 47.5 Å². The number of oxazole rings is 1. The maximum absolute atomic E-state index is 5.86. The number of para-hydroxylation sites is 2. The largest absolute Gasteiger partial charge is 0.431 e. The smallest absolute Gasteiger partial charge is 0.264 e. The number of aryl methyl sites for hydroxylation is 4. The van der Waals surface area contributed by atoms with Crippen LogP contribution in [0.1, 0.15) is 22.3 Å². The highest BCUT2D eigenvalue weighted by Gasteiger charge is 2.14. The maximum Gasteiger partial charge on any atom is 0.264 e. The van der Waals surface area contributed by atoms with Gasteiger partial charge in [-0.2, -0.15) is 15.0 Å². The Bertz CT molecular complexity index is 1390. The molecule has 0 saturated heterocycles. The van der Waals surface area contributed by atoms with E-state index in [4.69, 9.17) is 4.42 Å². The van der Waals surface area contributed by atoms with Gasteiger partial charge in [0.2, 0.25) is 17.1 Å². The summed E-state index contributed by atoms with van der Waals surface area (Å²) in [5, 5.41) is 7.62. The molecule has 34 heavy (non-hydrogen) atoms. The Morgan fingerprint density at radius 2 is 1.26 bits per heavy atom. The fourth-order valence-corrected chi connectivity index (χ4v) is 4.33. The van der Waals surface area contributed by atoms with Crippen molar-refractivity contribution < 1.29 is 4.42 Å². The highest BCUT2D eigenvalue weighted by atomic mass is 32.2. The van der Waals surface area contributed by atoms with E-state index in [0.29, 0.717) is 22.3 Å². The van der Waals surface area contributed by atoms with Gasteiger partial charge in [0.25, 0.3) is 5.22 Å². The molecular weight excluding hydrogens is 444 g/mol. The molecular formula is C26H24N6OS. The Balaban J connectivity index is 1.50. The van der Waals surface area contributed by atoms with E-state index in [9.17, 15) is 0 Å². The lowest BCUT2D eigenvalue weighted by Crippen LogP contribution is -2.06. The maximum atomic E-state index is 5.86. The molecule has 0 spiro atoms. The fraction of sp³-hybridized carbons (Fsp3) is 0.154. The van der Waals surface area contributed by atoms with Gasteiger partial charge in [-0.05, 0) is 63.1 Å². The lowest BCUT2D eigenvalue weighted by atomic mass is 10.1. The van der Waals surface area contributed by atoms with Gasteiger partial charge in [0.1, 0.15) is 5.52 Å². The van der Waals surface area contributed by atoms with Crippen molar-refractivity contribution >= 4 is 46.1 Å². The molecule has 2 aromatic heterocycles. The molecule has 0 bridgehead atoms. The average Bonchev–Trinajstić information content (AvgIpc) is 3.20. The molecule has 0 aliphatic heterocycles. The van der Waals surface area contributed by atoms with E-state index >= 15 is 0 Å². The van der Waals surface area contributed by atoms with Crippen LogP contribution in [-0.2, 0) is 0 Å². The third kappa shape index (κ3) is 4.87. The summed E-state index contributed by atoms with van der Waals surface area (Å²) in [7, 11) is 0. The van der Waals surface area contributed by atoms with Crippen molar-refractivity contribution in [1.82, 2.24) is 19.9 Å². The van der Waals surface area contributed by atoms with Crippen molar-refractivity contribution in [1.29, 1.82) is 0 Å². The molecule has 5 rings (SSSR count). The van der Waals surface area contributed by atoms with Gasteiger partial charge >= 0.3 is 0 Å². The molecule has 5 aromatic rings. The van der Waals surface area contributed by atoms with Gasteiger partial charge in [0, 0.05) is 23.1 Å². The number of fused-ring (bicyclic) bond motifs is 1. The van der Waals surface area contributed by atoms with Gasteiger partial charge in [0.05, 0.1) is 0 Å². The van der Waals surface area contributed by atoms with Crippen LogP contribution in [0.25, 0.3) is 11.1 Å². The molecule has 3 aromatic carbocycles. The number of nitrogens with zero attached hydrogens (tertiary/aromatic N) is 4. The molecule has 170 valence electrons. The van der Waals surface area contributed by atoms with Crippen molar-refractivity contribution in [2.45, 2.75) is 38.1 Å². The van der Waals surface area contributed by atoms with Gasteiger partial charge in [-0.3, -0.25) is 0 Å². The molecule has 0 saturated carbocycles. The van der Waals surface area contributed by atoms with Crippen LogP contribution in [0.15, 0.2) is 75.5 Å². The summed E-state index contributed by atoms with van der Waals surface area (Å²) in [5.74, 6) is 0.876. The van der Waals surface area contributed by atoms with Crippen LogP contribution >= 0.6 is 11.8 Å². The minimum atomic E-state index is 0.438. The number of hydrogen-bond acceptors (Lipinski definition) is 8. The molecule has 0 aliphatic rings. The van der Waals surface area contributed by atoms with E-state index in [1.165, 1.54) is 22.9 Å². The molecule has 2 heterocycles. The van der Waals surface area contributed by atoms with Crippen molar-refractivity contribution in [3.63, 3.8) is 0 Å². The zero-order valence-electron chi connectivity index (χ0n) is 19.4. The number of aromatic nitrogens is 4. The first kappa shape index (κ1) is 21.9. The molecule has 7 nitrogen and oxygen atoms in total. The van der Waals surface area contributed by atoms with Gasteiger partial charge in [-0.15, -0.1) is 0 Å². The first-order valence-corrected chi connectivity index (χ1v) is 11.7. The Labute approximate surface area is 202 Å². The molecule has 0 amide bonds. The predicted molar refractivity (Wildman–Crippen MR) is 136 cm³/mol. The Morgan fingerprint density at radius 1 is 0.676 bits per heavy atom. The first-order valence-electron chi connectivity index (χ1n) is 10.9. The van der Waals surface area contributed by atoms with Crippen LogP contribution < -0.4 is 10.6 Å². The quantitative estimate of drug-likeness (QED) is 0.279. The Kier molecular flexibility index (Phi) is 5.90. The summed E-state index contributed by atoms with van der Waals surface area (Å²) in [4.78, 5) is 18.4. The second-order valence-electron chi connectivity index (χ2n) is 8.20. The highest BCUT2D eigenvalue weighted by Crippen LogP contribution is 2.30. The topological polar surface area (TPSA) is 88.8 Å². The lowest BCUT2D eigenvalue weighted by Gasteiger charge is -2.13. The second-order valence-corrected chi connectivity index (χ2v) is 9.12. The van der Waals surface area contributed by atoms with Gasteiger partial charge < -0.3 is 15.1 Å². The monoisotopic (exact) mass is 468 g/mol. The van der Waals surface area contributed by atoms with Crippen LogP contribution in [0.4, 0.5) is 23.3 Å². The van der Waals surface area contributed by atoms with E-state index < -0.39 is 0 Å². The van der Waals surface area contributed by atoms with E-state index in [2.05, 4.69) is 82.5 Å². The fourth-order valence-electron chi connectivity index (χ4n) is 3.64. The summed E-state index contributed by atoms with van der Waals surface area (Å²) in [6, 6.07) is 20.1. The number of rotatable bonds is 6. The van der Waals surface area contributed by atoms with Crippen LogP contribution in [0, 0.1) is 27.7 Å². The lowest BCUT2D eigenvalue weighted by molar-refractivity contribution is 0.488. The van der Waals surface area contributed by atoms with Crippen LogP contribution in [-0.4, -0.2) is 19.9 Å². The summed E-state index contributed by atoms with van der Waals surface area (Å²) in [6.45, 7) is 8.25. The predicted octanol–water partition coefficient (Wildman–Crippen LogP) is 6.88. The van der Waals surface area contributed by atoms with E-state index in [1.807, 2.05) is 36.4 Å². The minimum Gasteiger partial charge on any atom is -0.431 e. The SMILES string of the molecule is Cc1ccc(Nc2nc(Nc3ccc(C)cc3C)nc(Sc3nc4ccccc4o3)n2)c(C)c1. The average molecular weight is 469 g/mol. The van der Waals surface area contributed by atoms with Crippen LogP contribution in [0.2, 0.25) is 0 Å². The molecule has 8 heteroatoms. The van der Waals surface area contributed by atoms with Crippen molar-refractivity contribution in [2.24, 2.45) is 0 Å². The number of hydrogen-bond donors (Lipinski definition) is 2. The van der Waals surface area contributed by atoms with Crippen LogP contribution in [0.5, 0.6) is 0 Å². The Hall–Kier alpha value is -3.91.